The van der Waals surface area contributed by atoms with E-state index >= 15 is 0 Å². The van der Waals surface area contributed by atoms with Crippen molar-refractivity contribution in [3.8, 4) is 0 Å². The van der Waals surface area contributed by atoms with Crippen LogP contribution in [-0.4, -0.2) is 47.4 Å². The van der Waals surface area contributed by atoms with E-state index in [-0.39, 0.29) is 17.8 Å². The monoisotopic (exact) mass is 420 g/mol. The van der Waals surface area contributed by atoms with Gasteiger partial charge in [0.15, 0.2) is 0 Å². The van der Waals surface area contributed by atoms with Gasteiger partial charge in [-0.25, -0.2) is 0 Å². The van der Waals surface area contributed by atoms with Crippen LogP contribution in [0, 0.1) is 23.7 Å². The highest BCUT2D eigenvalue weighted by molar-refractivity contribution is 7.87. The van der Waals surface area contributed by atoms with Crippen molar-refractivity contribution in [2.24, 2.45) is 23.7 Å². The van der Waals surface area contributed by atoms with Crippen molar-refractivity contribution in [3.05, 3.63) is 0 Å². The second-order valence-corrected chi connectivity index (χ2v) is 9.69. The highest BCUT2D eigenvalue weighted by atomic mass is 32.2. The van der Waals surface area contributed by atoms with Crippen LogP contribution in [0.1, 0.15) is 46.0 Å². The summed E-state index contributed by atoms with van der Waals surface area (Å²) < 4.78 is 86.7. The molecule has 2 rings (SSSR count). The topological polar surface area (TPSA) is 101 Å². The van der Waals surface area contributed by atoms with Crippen LogP contribution in [0.5, 0.6) is 0 Å². The largest absolute Gasteiger partial charge is 0.465 e. The lowest BCUT2D eigenvalue weighted by Crippen LogP contribution is -2.47. The summed E-state index contributed by atoms with van der Waals surface area (Å²) in [7, 11) is -6.30. The fraction of sp³-hybridized carbons (Fsp3) is 0.938. The van der Waals surface area contributed by atoms with Gasteiger partial charge in [0.2, 0.25) is 0 Å². The second kappa shape index (κ2) is 7.14. The SMILES string of the molecule is CC(C)(O)CC1CC2CC1CC2C(=O)OCCC(F)(F)C(F)(F)S(=O)(=O)O. The fourth-order valence-corrected chi connectivity index (χ4v) is 4.78. The molecule has 2 aliphatic carbocycles. The number of rotatable bonds is 8. The number of ether oxygens (including phenoxy) is 1. The third kappa shape index (κ3) is 4.73. The molecule has 158 valence electrons. The molecule has 0 saturated heterocycles. The fourth-order valence-electron chi connectivity index (χ4n) is 4.30. The number of aliphatic hydroxyl groups is 1. The average molecular weight is 420 g/mol. The van der Waals surface area contributed by atoms with E-state index < -0.39 is 51.8 Å². The Bertz CT molecular complexity index is 673. The van der Waals surface area contributed by atoms with Gasteiger partial charge in [0.1, 0.15) is 0 Å². The molecule has 2 N–H and O–H groups in total. The summed E-state index contributed by atoms with van der Waals surface area (Å²) in [6, 6.07) is 0. The molecule has 11 heteroatoms. The van der Waals surface area contributed by atoms with Crippen molar-refractivity contribution in [1.82, 2.24) is 0 Å². The first-order valence-corrected chi connectivity index (χ1v) is 10.1. The van der Waals surface area contributed by atoms with E-state index in [1.165, 1.54) is 0 Å². The molecular weight excluding hydrogens is 396 g/mol. The van der Waals surface area contributed by atoms with E-state index in [0.29, 0.717) is 19.3 Å². The summed E-state index contributed by atoms with van der Waals surface area (Å²) >= 11 is 0. The number of hydrogen-bond donors (Lipinski definition) is 2. The van der Waals surface area contributed by atoms with Gasteiger partial charge in [0.25, 0.3) is 0 Å². The van der Waals surface area contributed by atoms with Crippen molar-refractivity contribution in [2.75, 3.05) is 6.61 Å². The molecule has 4 unspecified atom stereocenters. The molecule has 2 saturated carbocycles. The van der Waals surface area contributed by atoms with Crippen molar-refractivity contribution in [3.63, 3.8) is 0 Å². The lowest BCUT2D eigenvalue weighted by atomic mass is 9.77. The Morgan fingerprint density at radius 3 is 2.15 bits per heavy atom. The van der Waals surface area contributed by atoms with Gasteiger partial charge in [0, 0.05) is 0 Å². The van der Waals surface area contributed by atoms with E-state index in [2.05, 4.69) is 4.74 Å². The smallest absolute Gasteiger partial charge is 0.431 e. The van der Waals surface area contributed by atoms with E-state index in [1.54, 1.807) is 13.8 Å². The zero-order valence-electron chi connectivity index (χ0n) is 15.0. The predicted molar refractivity (Wildman–Crippen MR) is 85.7 cm³/mol. The Kier molecular flexibility index (Phi) is 5.91. The number of alkyl halides is 4. The average Bonchev–Trinajstić information content (AvgIpc) is 3.03. The number of esters is 1. The Balaban J connectivity index is 1.85. The standard InChI is InChI=1S/C16H24F4O6S/c1-14(2,22)8-11-6-10-5-9(11)7-12(10)13(21)26-4-3-15(17,18)16(19,20)27(23,24)25/h9-12,22H,3-8H2,1-2H3,(H,23,24,25). The second-order valence-electron chi connectivity index (χ2n) is 8.22. The van der Waals surface area contributed by atoms with E-state index in [0.717, 1.165) is 6.42 Å². The van der Waals surface area contributed by atoms with Gasteiger partial charge in [-0.05, 0) is 57.3 Å². The molecule has 0 aromatic carbocycles. The number of halogens is 4. The summed E-state index contributed by atoms with van der Waals surface area (Å²) in [5, 5.41) is 4.25. The third-order valence-corrected chi connectivity index (χ3v) is 6.42. The molecule has 0 radical (unpaired) electrons. The van der Waals surface area contributed by atoms with Crippen molar-refractivity contribution in [2.45, 2.75) is 62.7 Å². The van der Waals surface area contributed by atoms with Gasteiger partial charge in [-0.3, -0.25) is 9.35 Å². The minimum atomic E-state index is -6.30. The van der Waals surface area contributed by atoms with Crippen LogP contribution >= 0.6 is 0 Å². The van der Waals surface area contributed by atoms with Gasteiger partial charge in [-0.1, -0.05) is 0 Å². The van der Waals surface area contributed by atoms with Crippen molar-refractivity contribution < 1.29 is 45.2 Å². The Hall–Kier alpha value is -0.940. The first kappa shape index (κ1) is 22.4. The summed E-state index contributed by atoms with van der Waals surface area (Å²) in [5.41, 5.74) is -0.824. The molecule has 2 bridgehead atoms. The Labute approximate surface area is 155 Å². The highest BCUT2D eigenvalue weighted by Gasteiger charge is 2.65. The number of carbonyl (C=O) groups is 1. The maximum absolute atomic E-state index is 13.4. The first-order chi connectivity index (χ1) is 12.1. The summed E-state index contributed by atoms with van der Waals surface area (Å²) in [5.74, 6) is -5.89. The van der Waals surface area contributed by atoms with Crippen LogP contribution in [0.15, 0.2) is 0 Å². The molecule has 0 aromatic heterocycles. The van der Waals surface area contributed by atoms with Crippen LogP contribution in [0.25, 0.3) is 0 Å². The quantitative estimate of drug-likeness (QED) is 0.356. The van der Waals surface area contributed by atoms with Crippen LogP contribution in [0.2, 0.25) is 0 Å². The summed E-state index contributed by atoms with van der Waals surface area (Å²) in [4.78, 5) is 12.1. The molecule has 0 aromatic rings. The molecule has 0 amide bonds. The first-order valence-electron chi connectivity index (χ1n) is 8.67. The lowest BCUT2D eigenvalue weighted by molar-refractivity contribution is -0.176. The van der Waals surface area contributed by atoms with E-state index in [4.69, 9.17) is 4.55 Å². The molecule has 27 heavy (non-hydrogen) atoms. The molecular formula is C16H24F4O6S. The van der Waals surface area contributed by atoms with Crippen molar-refractivity contribution >= 4 is 16.1 Å². The van der Waals surface area contributed by atoms with Crippen LogP contribution in [0.3, 0.4) is 0 Å². The van der Waals surface area contributed by atoms with E-state index in [9.17, 15) is 35.9 Å². The maximum Gasteiger partial charge on any atom is 0.431 e. The van der Waals surface area contributed by atoms with E-state index in [1.807, 2.05) is 0 Å². The molecule has 4 atom stereocenters. The van der Waals surface area contributed by atoms with Crippen molar-refractivity contribution in [1.29, 1.82) is 0 Å². The minimum Gasteiger partial charge on any atom is -0.465 e. The molecule has 0 heterocycles. The van der Waals surface area contributed by atoms with Gasteiger partial charge in [-0.15, -0.1) is 0 Å². The summed E-state index contributed by atoms with van der Waals surface area (Å²) in [6.07, 6.45) is 0.811. The predicted octanol–water partition coefficient (Wildman–Crippen LogP) is 2.86. The van der Waals surface area contributed by atoms with Crippen LogP contribution < -0.4 is 0 Å². The molecule has 6 nitrogen and oxygen atoms in total. The van der Waals surface area contributed by atoms with Crippen LogP contribution in [-0.2, 0) is 19.6 Å². The normalized spacial score (nSPS) is 29.2. The maximum atomic E-state index is 13.4. The Morgan fingerprint density at radius 1 is 1.11 bits per heavy atom. The molecule has 0 aliphatic heterocycles. The Morgan fingerprint density at radius 2 is 1.70 bits per heavy atom. The zero-order chi connectivity index (χ0) is 20.8. The molecule has 0 spiro atoms. The third-order valence-electron chi connectivity index (χ3n) is 5.48. The summed E-state index contributed by atoms with van der Waals surface area (Å²) in [6.45, 7) is 2.32. The number of carbonyl (C=O) groups excluding carboxylic acids is 1. The van der Waals surface area contributed by atoms with Gasteiger partial charge in [-0.2, -0.15) is 26.0 Å². The molecule has 2 aliphatic rings. The lowest BCUT2D eigenvalue weighted by Gasteiger charge is -2.31. The highest BCUT2D eigenvalue weighted by Crippen LogP contribution is 2.54. The number of fused-ring (bicyclic) bond motifs is 2. The van der Waals surface area contributed by atoms with Gasteiger partial charge >= 0.3 is 27.3 Å². The van der Waals surface area contributed by atoms with Gasteiger partial charge < -0.3 is 9.84 Å². The molecule has 2 fully saturated rings. The zero-order valence-corrected chi connectivity index (χ0v) is 15.8. The number of hydrogen-bond acceptors (Lipinski definition) is 5. The minimum absolute atomic E-state index is 0.00498. The van der Waals surface area contributed by atoms with Gasteiger partial charge in [0.05, 0.1) is 24.5 Å². The van der Waals surface area contributed by atoms with Crippen LogP contribution in [0.4, 0.5) is 17.6 Å².